The summed E-state index contributed by atoms with van der Waals surface area (Å²) >= 11 is 6.10. The molecule has 2 aliphatic rings. The van der Waals surface area contributed by atoms with Crippen LogP contribution in [0.2, 0.25) is 5.02 Å². The molecular formula is C26H29ClN6O4S. The van der Waals surface area contributed by atoms with Crippen LogP contribution in [-0.4, -0.2) is 90.6 Å². The zero-order valence-electron chi connectivity index (χ0n) is 21.0. The van der Waals surface area contributed by atoms with Crippen molar-refractivity contribution >= 4 is 33.3 Å². The Bertz CT molecular complexity index is 1370. The van der Waals surface area contributed by atoms with Crippen molar-refractivity contribution < 1.29 is 17.9 Å². The summed E-state index contributed by atoms with van der Waals surface area (Å²) in [7, 11) is -1.51. The maximum Gasteiger partial charge on any atom is 0.325 e. The van der Waals surface area contributed by atoms with Crippen LogP contribution in [0.3, 0.4) is 0 Å². The number of piperazine rings is 1. The van der Waals surface area contributed by atoms with E-state index in [0.717, 1.165) is 5.56 Å². The fourth-order valence-corrected chi connectivity index (χ4v) is 6.21. The minimum atomic E-state index is -3.48. The second-order valence-electron chi connectivity index (χ2n) is 9.33. The van der Waals surface area contributed by atoms with Crippen molar-refractivity contribution in [3.63, 3.8) is 0 Å². The van der Waals surface area contributed by atoms with Gasteiger partial charge in [0.05, 0.1) is 18.0 Å². The van der Waals surface area contributed by atoms with E-state index < -0.39 is 10.0 Å². The molecule has 0 radical (unpaired) electrons. The van der Waals surface area contributed by atoms with E-state index in [0.29, 0.717) is 55.1 Å². The molecule has 0 N–H and O–H groups in total. The number of anilines is 1. The number of nitrogens with zero attached hydrogens (tertiary/aromatic N) is 6. The van der Waals surface area contributed by atoms with Crippen molar-refractivity contribution in [2.45, 2.75) is 6.04 Å². The number of carbonyl (C=O) groups excluding carboxylic acids is 1. The SMILES string of the molecule is CN1CCN(S(=O)(=O)CCN2CC(c3cccc(Oc4cnccn4)c3)N(c3ccc(Cl)cc3)C2=O)CC1. The molecule has 38 heavy (non-hydrogen) atoms. The maximum absolute atomic E-state index is 13.6. The number of urea groups is 1. The minimum absolute atomic E-state index is 0.101. The number of likely N-dealkylation sites (N-methyl/N-ethyl adjacent to an activating group) is 1. The van der Waals surface area contributed by atoms with Crippen molar-refractivity contribution in [2.24, 2.45) is 0 Å². The zero-order valence-corrected chi connectivity index (χ0v) is 22.6. The minimum Gasteiger partial charge on any atom is -0.437 e. The van der Waals surface area contributed by atoms with Gasteiger partial charge in [0.15, 0.2) is 0 Å². The first-order chi connectivity index (χ1) is 18.3. The quantitative estimate of drug-likeness (QED) is 0.419. The summed E-state index contributed by atoms with van der Waals surface area (Å²) in [5, 5.41) is 0.562. The van der Waals surface area contributed by atoms with E-state index in [9.17, 15) is 13.2 Å². The van der Waals surface area contributed by atoms with E-state index in [1.807, 2.05) is 31.3 Å². The highest BCUT2D eigenvalue weighted by Gasteiger charge is 2.40. The lowest BCUT2D eigenvalue weighted by Gasteiger charge is -2.32. The molecule has 2 fully saturated rings. The van der Waals surface area contributed by atoms with Crippen LogP contribution in [-0.2, 0) is 10.0 Å². The Hall–Kier alpha value is -3.25. The first kappa shape index (κ1) is 26.4. The summed E-state index contributed by atoms with van der Waals surface area (Å²) in [6, 6.07) is 13.9. The number of amides is 2. The van der Waals surface area contributed by atoms with Gasteiger partial charge in [-0.3, -0.25) is 9.88 Å². The van der Waals surface area contributed by atoms with Crippen LogP contribution in [0.4, 0.5) is 10.5 Å². The normalized spacial score (nSPS) is 19.2. The number of carbonyl (C=O) groups is 1. The van der Waals surface area contributed by atoms with Gasteiger partial charge in [-0.2, -0.15) is 4.31 Å². The topological polar surface area (TPSA) is 99.2 Å². The third kappa shape index (κ3) is 5.91. The number of sulfonamides is 1. The third-order valence-electron chi connectivity index (χ3n) is 6.77. The third-order valence-corrected chi connectivity index (χ3v) is 8.87. The Morgan fingerprint density at radius 2 is 1.82 bits per heavy atom. The molecule has 2 saturated heterocycles. The number of hydrogen-bond donors (Lipinski definition) is 0. The zero-order chi connectivity index (χ0) is 26.7. The monoisotopic (exact) mass is 556 g/mol. The summed E-state index contributed by atoms with van der Waals surface area (Å²) in [5.74, 6) is 0.791. The number of halogens is 1. The van der Waals surface area contributed by atoms with E-state index >= 15 is 0 Å². The lowest BCUT2D eigenvalue weighted by Crippen LogP contribution is -2.49. The van der Waals surface area contributed by atoms with E-state index in [4.69, 9.17) is 16.3 Å². The molecule has 12 heteroatoms. The smallest absolute Gasteiger partial charge is 0.325 e. The van der Waals surface area contributed by atoms with Gasteiger partial charge in [-0.1, -0.05) is 23.7 Å². The van der Waals surface area contributed by atoms with Crippen LogP contribution in [0.1, 0.15) is 11.6 Å². The van der Waals surface area contributed by atoms with Crippen LogP contribution < -0.4 is 9.64 Å². The fourth-order valence-electron chi connectivity index (χ4n) is 4.65. The molecule has 0 spiro atoms. The standard InChI is InChI=1S/C26H29ClN6O4S/c1-30-11-13-32(14-12-30)38(35,36)16-15-31-19-24(33(26(31)34)22-7-5-21(27)6-8-22)20-3-2-4-23(17-20)37-25-18-28-9-10-29-25/h2-10,17-18,24H,11-16,19H2,1H3. The van der Waals surface area contributed by atoms with E-state index in [-0.39, 0.29) is 24.4 Å². The summed E-state index contributed by atoms with van der Waals surface area (Å²) < 4.78 is 33.4. The molecule has 1 atom stereocenters. The number of rotatable bonds is 8. The molecule has 2 aromatic carbocycles. The molecule has 10 nitrogen and oxygen atoms in total. The van der Waals surface area contributed by atoms with Crippen LogP contribution in [0.5, 0.6) is 11.6 Å². The molecule has 5 rings (SSSR count). The average Bonchev–Trinajstić information content (AvgIpc) is 3.25. The van der Waals surface area contributed by atoms with Gasteiger partial charge in [0, 0.05) is 62.4 Å². The largest absolute Gasteiger partial charge is 0.437 e. The lowest BCUT2D eigenvalue weighted by molar-refractivity contribution is 0.218. The molecule has 0 bridgehead atoms. The Labute approximate surface area is 227 Å². The summed E-state index contributed by atoms with van der Waals surface area (Å²) in [6.45, 7) is 2.75. The van der Waals surface area contributed by atoms with Gasteiger partial charge in [0.25, 0.3) is 0 Å². The molecule has 200 valence electrons. The highest BCUT2D eigenvalue weighted by atomic mass is 35.5. The molecule has 0 aliphatic carbocycles. The second kappa shape index (κ2) is 11.2. The summed E-state index contributed by atoms with van der Waals surface area (Å²) in [4.78, 5) is 27.2. The summed E-state index contributed by atoms with van der Waals surface area (Å²) in [5.41, 5.74) is 1.52. The second-order valence-corrected chi connectivity index (χ2v) is 11.9. The van der Waals surface area contributed by atoms with Gasteiger partial charge in [-0.05, 0) is 49.0 Å². The van der Waals surface area contributed by atoms with Crippen LogP contribution >= 0.6 is 11.6 Å². The molecule has 2 aliphatic heterocycles. The molecule has 2 amide bonds. The number of hydrogen-bond acceptors (Lipinski definition) is 7. The van der Waals surface area contributed by atoms with Gasteiger partial charge in [-0.15, -0.1) is 0 Å². The van der Waals surface area contributed by atoms with Crippen LogP contribution in [0.15, 0.2) is 67.1 Å². The Kier molecular flexibility index (Phi) is 7.80. The van der Waals surface area contributed by atoms with E-state index in [2.05, 4.69) is 14.9 Å². The van der Waals surface area contributed by atoms with E-state index in [1.54, 1.807) is 46.5 Å². The van der Waals surface area contributed by atoms with Gasteiger partial charge in [0.1, 0.15) is 5.75 Å². The maximum atomic E-state index is 13.6. The highest BCUT2D eigenvalue weighted by molar-refractivity contribution is 7.89. The van der Waals surface area contributed by atoms with Gasteiger partial charge < -0.3 is 14.5 Å². The first-order valence-electron chi connectivity index (χ1n) is 12.3. The Morgan fingerprint density at radius 1 is 1.05 bits per heavy atom. The fraction of sp³-hybridized carbons (Fsp3) is 0.346. The first-order valence-corrected chi connectivity index (χ1v) is 14.3. The summed E-state index contributed by atoms with van der Waals surface area (Å²) in [6.07, 6.45) is 4.63. The number of benzene rings is 2. The van der Waals surface area contributed by atoms with E-state index in [1.165, 1.54) is 10.5 Å². The Balaban J connectivity index is 1.38. The lowest BCUT2D eigenvalue weighted by atomic mass is 10.1. The van der Waals surface area contributed by atoms with Crippen LogP contribution in [0, 0.1) is 0 Å². The van der Waals surface area contributed by atoms with Crippen molar-refractivity contribution in [3.05, 3.63) is 77.7 Å². The molecule has 1 unspecified atom stereocenters. The molecular weight excluding hydrogens is 528 g/mol. The molecule has 1 aromatic heterocycles. The van der Waals surface area contributed by atoms with Gasteiger partial charge in [-0.25, -0.2) is 18.2 Å². The average molecular weight is 557 g/mol. The predicted molar refractivity (Wildman–Crippen MR) is 145 cm³/mol. The predicted octanol–water partition coefficient (Wildman–Crippen LogP) is 3.48. The molecule has 0 saturated carbocycles. The van der Waals surface area contributed by atoms with Crippen molar-refractivity contribution in [3.8, 4) is 11.6 Å². The van der Waals surface area contributed by atoms with Crippen molar-refractivity contribution in [1.29, 1.82) is 0 Å². The van der Waals surface area contributed by atoms with Crippen molar-refractivity contribution in [1.82, 2.24) is 24.1 Å². The Morgan fingerprint density at radius 3 is 2.53 bits per heavy atom. The highest BCUT2D eigenvalue weighted by Crippen LogP contribution is 2.36. The van der Waals surface area contributed by atoms with Crippen molar-refractivity contribution in [2.75, 3.05) is 57.0 Å². The van der Waals surface area contributed by atoms with Gasteiger partial charge >= 0.3 is 6.03 Å². The number of aromatic nitrogens is 2. The van der Waals surface area contributed by atoms with Crippen LogP contribution in [0.25, 0.3) is 0 Å². The molecule has 3 aromatic rings. The number of ether oxygens (including phenoxy) is 1. The molecule has 3 heterocycles. The van der Waals surface area contributed by atoms with Gasteiger partial charge in [0.2, 0.25) is 15.9 Å².